The largest absolute Gasteiger partial charge is 0.497 e. The molecule has 19 heavy (non-hydrogen) atoms. The van der Waals surface area contributed by atoms with E-state index in [0.29, 0.717) is 22.2 Å². The molecule has 6 heteroatoms. The lowest BCUT2D eigenvalue weighted by Gasteiger charge is -2.28. The summed E-state index contributed by atoms with van der Waals surface area (Å²) in [6.07, 6.45) is 0.621. The summed E-state index contributed by atoms with van der Waals surface area (Å²) in [6.45, 7) is 3.72. The first kappa shape index (κ1) is 15.9. The van der Waals surface area contributed by atoms with E-state index in [1.54, 1.807) is 32.2 Å². The van der Waals surface area contributed by atoms with Gasteiger partial charge in [-0.15, -0.1) is 0 Å². The lowest BCUT2D eigenvalue weighted by molar-refractivity contribution is 0.0925. The Hall–Kier alpha value is -1.14. The molecule has 0 saturated heterocycles. The first-order chi connectivity index (χ1) is 8.84. The van der Waals surface area contributed by atoms with Crippen molar-refractivity contribution in [3.05, 3.63) is 28.2 Å². The predicted octanol–water partition coefficient (Wildman–Crippen LogP) is 2.64. The standard InChI is InChI=1S/C13H17BrN2O2S/c1-4-13(2,12(15)19)16-11(17)9-7-8(18-3)5-6-10(9)14/h5-7H,4H2,1-3H3,(H2,15,19)(H,16,17). The highest BCUT2D eigenvalue weighted by molar-refractivity contribution is 9.10. The topological polar surface area (TPSA) is 64.3 Å². The summed E-state index contributed by atoms with van der Waals surface area (Å²) in [5.74, 6) is 0.366. The highest BCUT2D eigenvalue weighted by atomic mass is 79.9. The Bertz CT molecular complexity index is 507. The molecular formula is C13H17BrN2O2S. The van der Waals surface area contributed by atoms with Crippen LogP contribution in [0.5, 0.6) is 5.75 Å². The Morgan fingerprint density at radius 2 is 2.21 bits per heavy atom. The quantitative estimate of drug-likeness (QED) is 0.806. The Balaban J connectivity index is 3.04. The van der Waals surface area contributed by atoms with Crippen LogP contribution in [0.3, 0.4) is 0 Å². The number of nitrogens with two attached hydrogens (primary N) is 1. The summed E-state index contributed by atoms with van der Waals surface area (Å²) in [5, 5.41) is 2.86. The number of amides is 1. The van der Waals surface area contributed by atoms with Gasteiger partial charge in [0.2, 0.25) is 0 Å². The number of hydrogen-bond donors (Lipinski definition) is 2. The summed E-state index contributed by atoms with van der Waals surface area (Å²) >= 11 is 8.35. The third-order valence-corrected chi connectivity index (χ3v) is 4.20. The van der Waals surface area contributed by atoms with Gasteiger partial charge >= 0.3 is 0 Å². The number of carbonyl (C=O) groups is 1. The fourth-order valence-electron chi connectivity index (χ4n) is 1.45. The molecule has 104 valence electrons. The summed E-state index contributed by atoms with van der Waals surface area (Å²) in [5.41, 5.74) is 5.46. The van der Waals surface area contributed by atoms with Crippen molar-refractivity contribution in [2.45, 2.75) is 25.8 Å². The molecule has 3 N–H and O–H groups in total. The minimum atomic E-state index is -0.699. The number of ether oxygens (including phenoxy) is 1. The van der Waals surface area contributed by atoms with E-state index in [1.165, 1.54) is 0 Å². The molecule has 0 spiro atoms. The minimum absolute atomic E-state index is 0.247. The molecular weight excluding hydrogens is 328 g/mol. The zero-order valence-electron chi connectivity index (χ0n) is 11.1. The zero-order chi connectivity index (χ0) is 14.6. The molecule has 4 nitrogen and oxygen atoms in total. The second-order valence-corrected chi connectivity index (χ2v) is 5.64. The smallest absolute Gasteiger partial charge is 0.253 e. The van der Waals surface area contributed by atoms with Gasteiger partial charge < -0.3 is 15.8 Å². The first-order valence-corrected chi connectivity index (χ1v) is 7.00. The molecule has 0 fully saturated rings. The molecule has 1 atom stereocenters. The number of methoxy groups -OCH3 is 1. The number of rotatable bonds is 5. The molecule has 0 bridgehead atoms. The van der Waals surface area contributed by atoms with E-state index >= 15 is 0 Å². The van der Waals surface area contributed by atoms with Crippen LogP contribution in [-0.2, 0) is 0 Å². The maximum absolute atomic E-state index is 12.3. The molecule has 1 rings (SSSR count). The number of halogens is 1. The zero-order valence-corrected chi connectivity index (χ0v) is 13.5. The Labute approximate surface area is 126 Å². The summed E-state index contributed by atoms with van der Waals surface area (Å²) in [4.78, 5) is 12.6. The van der Waals surface area contributed by atoms with Crippen molar-refractivity contribution >= 4 is 39.0 Å². The average Bonchev–Trinajstić information content (AvgIpc) is 2.38. The number of carbonyl (C=O) groups excluding carboxylic acids is 1. The predicted molar refractivity (Wildman–Crippen MR) is 83.6 cm³/mol. The second-order valence-electron chi connectivity index (χ2n) is 4.35. The van der Waals surface area contributed by atoms with Crippen LogP contribution in [0.25, 0.3) is 0 Å². The average molecular weight is 345 g/mol. The van der Waals surface area contributed by atoms with Crippen LogP contribution in [-0.4, -0.2) is 23.5 Å². The van der Waals surface area contributed by atoms with Gasteiger partial charge in [-0.25, -0.2) is 0 Å². The summed E-state index contributed by atoms with van der Waals surface area (Å²) in [6, 6.07) is 5.19. The van der Waals surface area contributed by atoms with Crippen LogP contribution in [0.4, 0.5) is 0 Å². The molecule has 0 heterocycles. The Kier molecular flexibility index (Phi) is 5.31. The van der Waals surface area contributed by atoms with Crippen LogP contribution in [0, 0.1) is 0 Å². The number of nitrogens with one attached hydrogen (secondary N) is 1. The third kappa shape index (κ3) is 3.67. The van der Waals surface area contributed by atoms with Crippen molar-refractivity contribution in [2.24, 2.45) is 5.73 Å². The van der Waals surface area contributed by atoms with Crippen LogP contribution in [0.2, 0.25) is 0 Å². The number of thiocarbonyl (C=S) groups is 1. The molecule has 0 aliphatic rings. The van der Waals surface area contributed by atoms with Crippen molar-refractivity contribution in [2.75, 3.05) is 7.11 Å². The van der Waals surface area contributed by atoms with E-state index in [1.807, 2.05) is 6.92 Å². The molecule has 1 aromatic rings. The van der Waals surface area contributed by atoms with Gasteiger partial charge in [0, 0.05) is 4.47 Å². The fraction of sp³-hybridized carbons (Fsp3) is 0.385. The maximum atomic E-state index is 12.3. The van der Waals surface area contributed by atoms with E-state index < -0.39 is 5.54 Å². The van der Waals surface area contributed by atoms with Crippen LogP contribution in [0.1, 0.15) is 30.6 Å². The van der Waals surface area contributed by atoms with Gasteiger partial charge in [-0.2, -0.15) is 0 Å². The van der Waals surface area contributed by atoms with Crippen LogP contribution in [0.15, 0.2) is 22.7 Å². The van der Waals surface area contributed by atoms with Gasteiger partial charge in [0.05, 0.1) is 23.2 Å². The van der Waals surface area contributed by atoms with Gasteiger partial charge in [-0.1, -0.05) is 19.1 Å². The van der Waals surface area contributed by atoms with Crippen molar-refractivity contribution in [1.29, 1.82) is 0 Å². The van der Waals surface area contributed by atoms with Gasteiger partial charge in [0.15, 0.2) is 0 Å². The van der Waals surface area contributed by atoms with Crippen LogP contribution < -0.4 is 15.8 Å². The Morgan fingerprint density at radius 3 is 2.68 bits per heavy atom. The molecule has 0 aliphatic carbocycles. The third-order valence-electron chi connectivity index (χ3n) is 3.06. The van der Waals surface area contributed by atoms with E-state index in [9.17, 15) is 4.79 Å². The molecule has 0 radical (unpaired) electrons. The highest BCUT2D eigenvalue weighted by Gasteiger charge is 2.28. The normalized spacial score (nSPS) is 13.5. The van der Waals surface area contributed by atoms with Crippen molar-refractivity contribution in [3.8, 4) is 5.75 Å². The number of benzene rings is 1. The molecule has 0 aromatic heterocycles. The van der Waals surface area contributed by atoms with Crippen LogP contribution >= 0.6 is 28.1 Å². The van der Waals surface area contributed by atoms with Crippen molar-refractivity contribution < 1.29 is 9.53 Å². The minimum Gasteiger partial charge on any atom is -0.497 e. The van der Waals surface area contributed by atoms with E-state index in [2.05, 4.69) is 21.2 Å². The maximum Gasteiger partial charge on any atom is 0.253 e. The van der Waals surface area contributed by atoms with Crippen molar-refractivity contribution in [1.82, 2.24) is 5.32 Å². The van der Waals surface area contributed by atoms with Gasteiger partial charge in [-0.05, 0) is 47.5 Å². The first-order valence-electron chi connectivity index (χ1n) is 5.80. The molecule has 1 unspecified atom stereocenters. The van der Waals surface area contributed by atoms with Crippen molar-refractivity contribution in [3.63, 3.8) is 0 Å². The Morgan fingerprint density at radius 1 is 1.58 bits per heavy atom. The highest BCUT2D eigenvalue weighted by Crippen LogP contribution is 2.23. The SMILES string of the molecule is CCC(C)(NC(=O)c1cc(OC)ccc1Br)C(N)=S. The molecule has 0 aliphatic heterocycles. The van der Waals surface area contributed by atoms with Gasteiger partial charge in [-0.3, -0.25) is 4.79 Å². The molecule has 0 saturated carbocycles. The summed E-state index contributed by atoms with van der Waals surface area (Å²) < 4.78 is 5.80. The molecule has 1 amide bonds. The molecule has 1 aromatic carbocycles. The van der Waals surface area contributed by atoms with E-state index in [0.717, 1.165) is 0 Å². The monoisotopic (exact) mass is 344 g/mol. The van der Waals surface area contributed by atoms with E-state index in [4.69, 9.17) is 22.7 Å². The lowest BCUT2D eigenvalue weighted by Crippen LogP contribution is -2.54. The second kappa shape index (κ2) is 6.34. The summed E-state index contributed by atoms with van der Waals surface area (Å²) in [7, 11) is 1.55. The number of hydrogen-bond acceptors (Lipinski definition) is 3. The fourth-order valence-corrected chi connectivity index (χ4v) is 2.07. The van der Waals surface area contributed by atoms with E-state index in [-0.39, 0.29) is 10.9 Å². The lowest BCUT2D eigenvalue weighted by atomic mass is 9.98. The van der Waals surface area contributed by atoms with Gasteiger partial charge in [0.1, 0.15) is 5.75 Å². The van der Waals surface area contributed by atoms with Gasteiger partial charge in [0.25, 0.3) is 5.91 Å².